The zero-order chi connectivity index (χ0) is 13.8. The summed E-state index contributed by atoms with van der Waals surface area (Å²) < 4.78 is 41.9. The van der Waals surface area contributed by atoms with Crippen LogP contribution in [0.5, 0.6) is 5.75 Å². The van der Waals surface area contributed by atoms with Gasteiger partial charge in [-0.25, -0.2) is 0 Å². The molecule has 0 aliphatic rings. The van der Waals surface area contributed by atoms with Crippen molar-refractivity contribution in [3.63, 3.8) is 0 Å². The van der Waals surface area contributed by atoms with Gasteiger partial charge in [-0.3, -0.25) is 0 Å². The van der Waals surface area contributed by atoms with Crippen LogP contribution in [-0.2, 0) is 0 Å². The molecule has 0 aliphatic carbocycles. The largest absolute Gasteiger partial charge is 0.494 e. The molecule has 0 saturated carbocycles. The van der Waals surface area contributed by atoms with Gasteiger partial charge >= 0.3 is 6.18 Å². The molecule has 3 nitrogen and oxygen atoms in total. The van der Waals surface area contributed by atoms with Crippen LogP contribution < -0.4 is 10.5 Å². The summed E-state index contributed by atoms with van der Waals surface area (Å²) in [5.41, 5.74) is 5.34. The maximum atomic E-state index is 12.2. The fourth-order valence-electron chi connectivity index (χ4n) is 1.46. The lowest BCUT2D eigenvalue weighted by atomic mass is 10.0. The Bertz CT molecular complexity index is 365. The molecule has 6 heteroatoms. The number of nitrogens with two attached hydrogens (primary N) is 1. The number of alkyl halides is 3. The Morgan fingerprint density at radius 2 is 1.83 bits per heavy atom. The first-order chi connectivity index (χ1) is 8.34. The van der Waals surface area contributed by atoms with Gasteiger partial charge in [-0.15, -0.1) is 0 Å². The van der Waals surface area contributed by atoms with Crippen LogP contribution in [-0.4, -0.2) is 23.9 Å². The van der Waals surface area contributed by atoms with Gasteiger partial charge in [0.15, 0.2) is 0 Å². The van der Waals surface area contributed by atoms with E-state index < -0.39 is 24.7 Å². The van der Waals surface area contributed by atoms with Crippen LogP contribution in [0.4, 0.5) is 13.2 Å². The second kappa shape index (κ2) is 6.06. The van der Waals surface area contributed by atoms with E-state index in [2.05, 4.69) is 0 Å². The molecule has 3 N–H and O–H groups in total. The number of benzene rings is 1. The lowest BCUT2D eigenvalue weighted by Gasteiger charge is -2.19. The molecule has 0 amide bonds. The summed E-state index contributed by atoms with van der Waals surface area (Å²) in [4.78, 5) is 0. The van der Waals surface area contributed by atoms with E-state index in [0.717, 1.165) is 0 Å². The quantitative estimate of drug-likeness (QED) is 0.857. The number of rotatable bonds is 5. The van der Waals surface area contributed by atoms with Crippen LogP contribution in [0.25, 0.3) is 0 Å². The molecule has 0 saturated heterocycles. The number of aliphatic hydroxyl groups excluding tert-OH is 1. The third kappa shape index (κ3) is 4.19. The number of aliphatic hydroxyl groups is 1. The molecule has 1 aromatic rings. The van der Waals surface area contributed by atoms with Crippen LogP contribution in [0.2, 0.25) is 0 Å². The average Bonchev–Trinajstić information content (AvgIpc) is 2.29. The molecule has 0 aromatic heterocycles. The maximum Gasteiger partial charge on any atom is 0.403 e. The summed E-state index contributed by atoms with van der Waals surface area (Å²) in [7, 11) is 0. The van der Waals surface area contributed by atoms with E-state index in [1.165, 1.54) is 12.1 Å². The van der Waals surface area contributed by atoms with Gasteiger partial charge in [-0.1, -0.05) is 12.1 Å². The molecular weight excluding hydrogens is 247 g/mol. The molecule has 0 aliphatic heterocycles. The van der Waals surface area contributed by atoms with Gasteiger partial charge in [0, 0.05) is 6.42 Å². The van der Waals surface area contributed by atoms with Crippen molar-refractivity contribution in [2.75, 3.05) is 6.61 Å². The van der Waals surface area contributed by atoms with Crippen LogP contribution in [0.15, 0.2) is 24.3 Å². The fourth-order valence-corrected chi connectivity index (χ4v) is 1.46. The van der Waals surface area contributed by atoms with Crippen LogP contribution in [0.1, 0.15) is 25.0 Å². The molecule has 0 bridgehead atoms. The minimum Gasteiger partial charge on any atom is -0.494 e. The summed E-state index contributed by atoms with van der Waals surface area (Å²) in [5, 5.41) is 9.65. The Morgan fingerprint density at radius 3 is 2.28 bits per heavy atom. The van der Waals surface area contributed by atoms with Crippen molar-refractivity contribution < 1.29 is 23.0 Å². The Morgan fingerprint density at radius 1 is 1.28 bits per heavy atom. The predicted octanol–water partition coefficient (Wildman–Crippen LogP) is 2.40. The van der Waals surface area contributed by atoms with E-state index in [1.54, 1.807) is 12.1 Å². The van der Waals surface area contributed by atoms with E-state index in [-0.39, 0.29) is 0 Å². The summed E-state index contributed by atoms with van der Waals surface area (Å²) in [6.07, 6.45) is -6.29. The molecule has 1 rings (SSSR count). The van der Waals surface area contributed by atoms with Crippen LogP contribution in [0.3, 0.4) is 0 Å². The minimum atomic E-state index is -4.49. The third-order valence-corrected chi connectivity index (χ3v) is 2.47. The van der Waals surface area contributed by atoms with Crippen molar-refractivity contribution in [2.45, 2.75) is 31.7 Å². The van der Waals surface area contributed by atoms with Gasteiger partial charge in [0.2, 0.25) is 0 Å². The number of hydrogen-bond donors (Lipinski definition) is 2. The third-order valence-electron chi connectivity index (χ3n) is 2.47. The highest BCUT2D eigenvalue weighted by Crippen LogP contribution is 2.27. The topological polar surface area (TPSA) is 55.5 Å². The normalized spacial score (nSPS) is 15.2. The van der Waals surface area contributed by atoms with Crippen molar-refractivity contribution in [1.82, 2.24) is 0 Å². The zero-order valence-corrected chi connectivity index (χ0v) is 9.95. The lowest BCUT2D eigenvalue weighted by molar-refractivity contribution is -0.153. The SMILES string of the molecule is CCOc1ccc(C(O)CC(N)C(F)(F)F)cc1. The monoisotopic (exact) mass is 263 g/mol. The highest BCUT2D eigenvalue weighted by atomic mass is 19.4. The number of ether oxygens (including phenoxy) is 1. The van der Waals surface area contributed by atoms with Gasteiger partial charge in [0.1, 0.15) is 11.8 Å². The molecule has 18 heavy (non-hydrogen) atoms. The van der Waals surface area contributed by atoms with Gasteiger partial charge in [0.25, 0.3) is 0 Å². The second-order valence-corrected chi connectivity index (χ2v) is 3.90. The van der Waals surface area contributed by atoms with E-state index in [9.17, 15) is 18.3 Å². The molecule has 2 unspecified atom stereocenters. The van der Waals surface area contributed by atoms with Crippen LogP contribution in [0, 0.1) is 0 Å². The lowest BCUT2D eigenvalue weighted by Crippen LogP contribution is -2.38. The van der Waals surface area contributed by atoms with Gasteiger partial charge in [-0.05, 0) is 24.6 Å². The fraction of sp³-hybridized carbons (Fsp3) is 0.500. The second-order valence-electron chi connectivity index (χ2n) is 3.90. The van der Waals surface area contributed by atoms with Gasteiger partial charge < -0.3 is 15.6 Å². The Hall–Kier alpha value is -1.27. The van der Waals surface area contributed by atoms with Crippen molar-refractivity contribution in [3.05, 3.63) is 29.8 Å². The van der Waals surface area contributed by atoms with Crippen molar-refractivity contribution in [3.8, 4) is 5.75 Å². The van der Waals surface area contributed by atoms with E-state index in [4.69, 9.17) is 10.5 Å². The summed E-state index contributed by atoms with van der Waals surface area (Å²) in [6.45, 7) is 2.33. The van der Waals surface area contributed by atoms with E-state index in [1.807, 2.05) is 6.92 Å². The zero-order valence-electron chi connectivity index (χ0n) is 9.95. The number of halogens is 3. The first-order valence-corrected chi connectivity index (χ1v) is 5.57. The highest BCUT2D eigenvalue weighted by molar-refractivity contribution is 5.28. The molecule has 102 valence electrons. The first kappa shape index (κ1) is 14.8. The predicted molar refractivity (Wildman–Crippen MR) is 61.2 cm³/mol. The van der Waals surface area contributed by atoms with Gasteiger partial charge in [0.05, 0.1) is 12.7 Å². The van der Waals surface area contributed by atoms with E-state index >= 15 is 0 Å². The Kier molecular flexibility index (Phi) is 4.98. The van der Waals surface area contributed by atoms with Crippen molar-refractivity contribution >= 4 is 0 Å². The van der Waals surface area contributed by atoms with E-state index in [0.29, 0.717) is 17.9 Å². The first-order valence-electron chi connectivity index (χ1n) is 5.57. The smallest absolute Gasteiger partial charge is 0.403 e. The maximum absolute atomic E-state index is 12.2. The van der Waals surface area contributed by atoms with Crippen molar-refractivity contribution in [1.29, 1.82) is 0 Å². The minimum absolute atomic E-state index is 0.387. The summed E-state index contributed by atoms with van der Waals surface area (Å²) in [6, 6.07) is 4.22. The number of hydrogen-bond acceptors (Lipinski definition) is 3. The van der Waals surface area contributed by atoms with Gasteiger partial charge in [-0.2, -0.15) is 13.2 Å². The molecule has 0 spiro atoms. The average molecular weight is 263 g/mol. The highest BCUT2D eigenvalue weighted by Gasteiger charge is 2.37. The molecule has 1 aromatic carbocycles. The molecule has 0 fully saturated rings. The summed E-state index contributed by atoms with van der Waals surface area (Å²) >= 11 is 0. The Labute approximate surface area is 103 Å². The molecular formula is C12H16F3NO2. The van der Waals surface area contributed by atoms with Crippen molar-refractivity contribution in [2.24, 2.45) is 5.73 Å². The molecule has 2 atom stereocenters. The van der Waals surface area contributed by atoms with Crippen LogP contribution >= 0.6 is 0 Å². The Balaban J connectivity index is 2.64. The molecule has 0 heterocycles. The standard InChI is InChI=1S/C12H16F3NO2/c1-2-18-9-5-3-8(4-6-9)10(17)7-11(16)12(13,14)15/h3-6,10-11,17H,2,7,16H2,1H3. The molecule has 0 radical (unpaired) electrons. The summed E-state index contributed by atoms with van der Waals surface area (Å²) in [5.74, 6) is 0.605.